The topological polar surface area (TPSA) is 57.5 Å². The molecule has 17 heavy (non-hydrogen) atoms. The van der Waals surface area contributed by atoms with E-state index in [0.29, 0.717) is 11.5 Å². The molecule has 0 saturated carbocycles. The SMILES string of the molecule is CC(C)c1ccc(C(C)(C)CC(=O)O)c(O)c1. The van der Waals surface area contributed by atoms with E-state index in [1.165, 1.54) is 0 Å². The number of carboxylic acids is 1. The number of phenols is 1. The third-order valence-electron chi connectivity index (χ3n) is 3.01. The molecular formula is C14H20O3. The van der Waals surface area contributed by atoms with Gasteiger partial charge in [0.15, 0.2) is 0 Å². The van der Waals surface area contributed by atoms with Crippen molar-refractivity contribution in [1.82, 2.24) is 0 Å². The molecule has 0 aliphatic heterocycles. The van der Waals surface area contributed by atoms with Crippen LogP contribution in [0.3, 0.4) is 0 Å². The molecule has 0 bridgehead atoms. The maximum Gasteiger partial charge on any atom is 0.304 e. The van der Waals surface area contributed by atoms with Gasteiger partial charge in [-0.2, -0.15) is 0 Å². The molecular weight excluding hydrogens is 216 g/mol. The monoisotopic (exact) mass is 236 g/mol. The molecule has 0 aliphatic rings. The van der Waals surface area contributed by atoms with Gasteiger partial charge < -0.3 is 10.2 Å². The Morgan fingerprint density at radius 2 is 1.94 bits per heavy atom. The Balaban J connectivity index is 3.11. The minimum atomic E-state index is -0.859. The maximum absolute atomic E-state index is 10.8. The first kappa shape index (κ1) is 13.6. The van der Waals surface area contributed by atoms with Crippen LogP contribution in [0, 0.1) is 0 Å². The van der Waals surface area contributed by atoms with E-state index in [2.05, 4.69) is 13.8 Å². The van der Waals surface area contributed by atoms with Gasteiger partial charge in [-0.25, -0.2) is 0 Å². The lowest BCUT2D eigenvalue weighted by Gasteiger charge is -2.24. The molecule has 0 radical (unpaired) electrons. The third-order valence-corrected chi connectivity index (χ3v) is 3.01. The molecule has 2 N–H and O–H groups in total. The Bertz CT molecular complexity index is 419. The zero-order valence-electron chi connectivity index (χ0n) is 10.8. The quantitative estimate of drug-likeness (QED) is 0.843. The zero-order chi connectivity index (χ0) is 13.2. The van der Waals surface area contributed by atoms with Crippen LogP contribution in [-0.4, -0.2) is 16.2 Å². The molecule has 0 amide bonds. The Hall–Kier alpha value is -1.51. The van der Waals surface area contributed by atoms with Crippen LogP contribution >= 0.6 is 0 Å². The zero-order valence-corrected chi connectivity index (χ0v) is 10.8. The summed E-state index contributed by atoms with van der Waals surface area (Å²) in [6.45, 7) is 7.75. The third kappa shape index (κ3) is 3.22. The Kier molecular flexibility index (Phi) is 3.81. The van der Waals surface area contributed by atoms with Gasteiger partial charge in [-0.15, -0.1) is 0 Å². The van der Waals surface area contributed by atoms with Gasteiger partial charge in [-0.3, -0.25) is 4.79 Å². The van der Waals surface area contributed by atoms with E-state index in [0.717, 1.165) is 5.56 Å². The van der Waals surface area contributed by atoms with Crippen LogP contribution in [0.25, 0.3) is 0 Å². The first-order chi connectivity index (χ1) is 7.74. The average Bonchev–Trinajstić information content (AvgIpc) is 2.14. The number of benzene rings is 1. The summed E-state index contributed by atoms with van der Waals surface area (Å²) < 4.78 is 0. The summed E-state index contributed by atoms with van der Waals surface area (Å²) in [6.07, 6.45) is 0.00157. The second kappa shape index (κ2) is 4.78. The fourth-order valence-electron chi connectivity index (χ4n) is 1.95. The highest BCUT2D eigenvalue weighted by atomic mass is 16.4. The lowest BCUT2D eigenvalue weighted by Crippen LogP contribution is -2.21. The molecule has 1 rings (SSSR count). The first-order valence-corrected chi connectivity index (χ1v) is 5.79. The van der Waals surface area contributed by atoms with E-state index in [1.807, 2.05) is 26.0 Å². The number of aliphatic carboxylic acids is 1. The molecule has 1 aromatic carbocycles. The van der Waals surface area contributed by atoms with E-state index in [1.54, 1.807) is 6.07 Å². The number of carboxylic acid groups (broad SMARTS) is 1. The molecule has 0 saturated heterocycles. The van der Waals surface area contributed by atoms with Gasteiger partial charge in [-0.05, 0) is 17.5 Å². The van der Waals surface area contributed by atoms with Crippen molar-refractivity contribution in [2.45, 2.75) is 45.4 Å². The highest BCUT2D eigenvalue weighted by Gasteiger charge is 2.27. The van der Waals surface area contributed by atoms with Gasteiger partial charge in [0, 0.05) is 11.0 Å². The van der Waals surface area contributed by atoms with E-state index in [-0.39, 0.29) is 12.2 Å². The summed E-state index contributed by atoms with van der Waals surface area (Å²) in [5.41, 5.74) is 1.17. The summed E-state index contributed by atoms with van der Waals surface area (Å²) in [6, 6.07) is 5.50. The number of rotatable bonds is 4. The van der Waals surface area contributed by atoms with Crippen LogP contribution in [-0.2, 0) is 10.2 Å². The molecule has 0 heterocycles. The Morgan fingerprint density at radius 1 is 1.35 bits per heavy atom. The van der Waals surface area contributed by atoms with Crippen molar-refractivity contribution in [3.05, 3.63) is 29.3 Å². The van der Waals surface area contributed by atoms with Crippen molar-refractivity contribution >= 4 is 5.97 Å². The van der Waals surface area contributed by atoms with E-state index < -0.39 is 11.4 Å². The molecule has 0 aromatic heterocycles. The number of hydrogen-bond acceptors (Lipinski definition) is 2. The fraction of sp³-hybridized carbons (Fsp3) is 0.500. The molecule has 0 aliphatic carbocycles. The lowest BCUT2D eigenvalue weighted by atomic mass is 9.80. The number of aromatic hydroxyl groups is 1. The van der Waals surface area contributed by atoms with E-state index >= 15 is 0 Å². The van der Waals surface area contributed by atoms with Gasteiger partial charge >= 0.3 is 5.97 Å². The number of hydrogen-bond donors (Lipinski definition) is 2. The highest BCUT2D eigenvalue weighted by Crippen LogP contribution is 2.35. The van der Waals surface area contributed by atoms with Gasteiger partial charge in [0.05, 0.1) is 6.42 Å². The molecule has 0 unspecified atom stereocenters. The summed E-state index contributed by atoms with van der Waals surface area (Å²) in [7, 11) is 0. The Labute approximate surface area is 102 Å². The second-order valence-electron chi connectivity index (χ2n) is 5.39. The van der Waals surface area contributed by atoms with Crippen molar-refractivity contribution < 1.29 is 15.0 Å². The molecule has 3 nitrogen and oxygen atoms in total. The van der Waals surface area contributed by atoms with Crippen molar-refractivity contribution in [1.29, 1.82) is 0 Å². The molecule has 0 fully saturated rings. The van der Waals surface area contributed by atoms with Crippen LogP contribution in [0.2, 0.25) is 0 Å². The van der Waals surface area contributed by atoms with Crippen molar-refractivity contribution in [3.8, 4) is 5.75 Å². The molecule has 0 spiro atoms. The lowest BCUT2D eigenvalue weighted by molar-refractivity contribution is -0.138. The largest absolute Gasteiger partial charge is 0.508 e. The van der Waals surface area contributed by atoms with Gasteiger partial charge in [0.1, 0.15) is 5.75 Å². The molecule has 1 aromatic rings. The summed E-state index contributed by atoms with van der Waals surface area (Å²) >= 11 is 0. The van der Waals surface area contributed by atoms with Crippen molar-refractivity contribution in [2.75, 3.05) is 0 Å². The van der Waals surface area contributed by atoms with Crippen LogP contribution < -0.4 is 0 Å². The van der Waals surface area contributed by atoms with Crippen LogP contribution in [0.15, 0.2) is 18.2 Å². The molecule has 94 valence electrons. The second-order valence-corrected chi connectivity index (χ2v) is 5.39. The van der Waals surface area contributed by atoms with Crippen LogP contribution in [0.1, 0.15) is 51.2 Å². The normalized spacial score (nSPS) is 11.8. The first-order valence-electron chi connectivity index (χ1n) is 5.79. The Morgan fingerprint density at radius 3 is 2.35 bits per heavy atom. The van der Waals surface area contributed by atoms with Crippen LogP contribution in [0.5, 0.6) is 5.75 Å². The fourth-order valence-corrected chi connectivity index (χ4v) is 1.95. The van der Waals surface area contributed by atoms with E-state index in [9.17, 15) is 9.90 Å². The van der Waals surface area contributed by atoms with Crippen molar-refractivity contribution in [2.24, 2.45) is 0 Å². The smallest absolute Gasteiger partial charge is 0.304 e. The predicted octanol–water partition coefficient (Wildman–Crippen LogP) is 3.27. The van der Waals surface area contributed by atoms with Gasteiger partial charge in [0.2, 0.25) is 0 Å². The molecule has 3 heteroatoms. The average molecular weight is 236 g/mol. The minimum absolute atomic E-state index is 0.00157. The standard InChI is InChI=1S/C14H20O3/c1-9(2)10-5-6-11(12(15)7-10)14(3,4)8-13(16)17/h5-7,9,15H,8H2,1-4H3,(H,16,17). The summed E-state index contributed by atoms with van der Waals surface area (Å²) in [5.74, 6) is -0.331. The predicted molar refractivity (Wildman–Crippen MR) is 67.5 cm³/mol. The van der Waals surface area contributed by atoms with Crippen molar-refractivity contribution in [3.63, 3.8) is 0 Å². The molecule has 0 atom stereocenters. The summed E-state index contributed by atoms with van der Waals surface area (Å²) in [5, 5.41) is 18.9. The van der Waals surface area contributed by atoms with E-state index in [4.69, 9.17) is 5.11 Å². The summed E-state index contributed by atoms with van der Waals surface area (Å²) in [4.78, 5) is 10.8. The highest BCUT2D eigenvalue weighted by molar-refractivity contribution is 5.69. The maximum atomic E-state index is 10.8. The number of carbonyl (C=O) groups is 1. The van der Waals surface area contributed by atoms with Gasteiger partial charge in [0.25, 0.3) is 0 Å². The van der Waals surface area contributed by atoms with Gasteiger partial charge in [-0.1, -0.05) is 39.8 Å². The van der Waals surface area contributed by atoms with Crippen LogP contribution in [0.4, 0.5) is 0 Å². The minimum Gasteiger partial charge on any atom is -0.508 e. The number of phenolic OH excluding ortho intramolecular Hbond substituents is 1.